The summed E-state index contributed by atoms with van der Waals surface area (Å²) in [7, 11) is 0. The molecule has 0 bridgehead atoms. The highest BCUT2D eigenvalue weighted by atomic mass is 35.5. The van der Waals surface area contributed by atoms with Gasteiger partial charge in [-0.1, -0.05) is 117 Å². The molecule has 4 fully saturated rings. The fraction of sp³-hybridized carbons (Fsp3) is 0.389. The van der Waals surface area contributed by atoms with Crippen molar-refractivity contribution in [3.63, 3.8) is 0 Å². The van der Waals surface area contributed by atoms with Gasteiger partial charge >= 0.3 is 0 Å². The number of aryl methyl sites for hydroxylation is 3. The van der Waals surface area contributed by atoms with Crippen molar-refractivity contribution in [1.29, 1.82) is 0 Å². The van der Waals surface area contributed by atoms with E-state index in [9.17, 15) is 19.2 Å². The van der Waals surface area contributed by atoms with E-state index in [0.717, 1.165) is 24.3 Å². The molecule has 0 atom stereocenters. The molecule has 16 rings (SSSR count). The predicted octanol–water partition coefficient (Wildman–Crippen LogP) is 9.48. The van der Waals surface area contributed by atoms with E-state index in [1.807, 2.05) is 4.98 Å². The summed E-state index contributed by atoms with van der Waals surface area (Å²) in [5.74, 6) is -2.04. The van der Waals surface area contributed by atoms with Gasteiger partial charge in [0.1, 0.15) is 5.48 Å². The third kappa shape index (κ3) is 22.1. The van der Waals surface area contributed by atoms with Gasteiger partial charge in [0.25, 0.3) is 22.2 Å². The number of hydrogen-bond donors (Lipinski definition) is 8. The second kappa shape index (κ2) is 39.5. The average molecular weight is 1750 g/mol. The Kier molecular flexibility index (Phi) is 12.4. The zero-order valence-electron chi connectivity index (χ0n) is 115. The van der Waals surface area contributed by atoms with Crippen LogP contribution in [0.5, 0.6) is 0 Å². The first-order chi connectivity index (χ1) is 77.1. The molecular formula is C72H80Cl8N24O8. The molecule has 592 valence electrons. The van der Waals surface area contributed by atoms with Crippen LogP contribution in [0.3, 0.4) is 0 Å². The Morgan fingerprint density at radius 1 is 0.366 bits per heavy atom. The van der Waals surface area contributed by atoms with Crippen LogP contribution >= 0.6 is 92.8 Å². The molecule has 0 radical (unpaired) electrons. The molecule has 4 aliphatic rings. The summed E-state index contributed by atoms with van der Waals surface area (Å²) in [4.78, 5) is 89.7. The fourth-order valence-electron chi connectivity index (χ4n) is 8.41. The number of hydrogen-bond acceptors (Lipinski definition) is 24. The number of morpholine rings is 4. The number of anilines is 4. The largest absolute Gasteiger partial charge is 0.379 e. The Balaban J connectivity index is 0.000000188. The van der Waals surface area contributed by atoms with Crippen LogP contribution in [-0.4, -0.2) is 228 Å². The van der Waals surface area contributed by atoms with Gasteiger partial charge in [-0.3, -0.25) is 58.7 Å². The van der Waals surface area contributed by atoms with Crippen LogP contribution in [0.25, 0.3) is 44.7 Å². The second-order valence-electron chi connectivity index (χ2n) is 20.5. The van der Waals surface area contributed by atoms with Crippen LogP contribution in [0.15, 0.2) is 117 Å². The van der Waals surface area contributed by atoms with Crippen molar-refractivity contribution in [1.82, 2.24) is 97.7 Å². The molecule has 4 aliphatic heterocycles. The van der Waals surface area contributed by atoms with Gasteiger partial charge in [0, 0.05) is 160 Å². The van der Waals surface area contributed by atoms with E-state index in [-0.39, 0.29) is 90.8 Å². The molecule has 8 N–H and O–H groups in total. The number of H-pyrrole nitrogens is 4. The third-order valence-electron chi connectivity index (χ3n) is 13.3. The molecular weight excluding hydrogens is 1610 g/mol. The van der Waals surface area contributed by atoms with E-state index in [4.69, 9.17) is 175 Å². The Morgan fingerprint density at radius 2 is 0.696 bits per heavy atom. The van der Waals surface area contributed by atoms with Crippen molar-refractivity contribution in [3.05, 3.63) is 202 Å². The number of benzene rings is 4. The topological polar surface area (TPSA) is 352 Å². The molecule has 0 spiro atoms. The number of ether oxygens (including phenoxy) is 4. The van der Waals surface area contributed by atoms with Gasteiger partial charge in [-0.25, -0.2) is 19.9 Å². The Morgan fingerprint density at radius 3 is 1.11 bits per heavy atom. The average Bonchev–Trinajstić information content (AvgIpc) is 0.946. The van der Waals surface area contributed by atoms with Crippen LogP contribution in [0.2, 0.25) is 40.2 Å². The van der Waals surface area contributed by atoms with Crippen LogP contribution < -0.4 is 43.5 Å². The van der Waals surface area contributed by atoms with Crippen molar-refractivity contribution < 1.29 is 101 Å². The third-order valence-corrected chi connectivity index (χ3v) is 16.1. The smallest absolute Gasteiger partial charge is 0.278 e. The lowest BCUT2D eigenvalue weighted by Crippen LogP contribution is -2.38. The first-order valence-electron chi connectivity index (χ1n) is 60.0. The van der Waals surface area contributed by atoms with Crippen molar-refractivity contribution in [2.24, 2.45) is 0 Å². The SMILES string of the molecule is [2H]c1c([2H])c(C([2H])([2H])Nc2nc3nc([2H])n(C([2H])([2H])C([2H])([2H])N4C([2H])([2H])C([2H])([2H])OC([2H])([2H])C4([2H])[2H])c3c(=O)[nH]2)c([2H])c(Cl)c1Cl.[2H]c1cc(C([2H])([2H])Nc2nc3nc([2H])n(C([2H])([2H])CN4C([2H])([2H])C([2H])([2H])OC([2H])([2H])C4([2H])[2H])c3c(=O)[nH]2)cc(Cl)c1Cl.[2H]c1cc(C([2H])([2H])Nc2nc3nc([2H])n(CC([2H])([2H])N4C([2H])([2H])C([2H])([2H])OC([2H])([2H])C4([2H])[2H])c3c(=O)[nH]2)cc(Cl)c1Cl.[2H]c1cc(CNc2nc3nc([2H])n(C([2H])([2H])C([2H])([2H])N4C([2H])([2H])C([2H])([2H])OC([2H])([2H])C4([2H])[2H])c3c(=O)[nH]2)cc(Cl)c1Cl. The molecule has 12 aromatic rings. The molecule has 0 amide bonds. The fourth-order valence-corrected chi connectivity index (χ4v) is 9.51. The van der Waals surface area contributed by atoms with Gasteiger partial charge in [0.2, 0.25) is 23.8 Å². The molecule has 12 heterocycles. The lowest BCUT2D eigenvalue weighted by molar-refractivity contribution is 0.0364. The number of imidazole rings is 4. The molecule has 32 nitrogen and oxygen atoms in total. The van der Waals surface area contributed by atoms with E-state index in [1.165, 1.54) is 12.1 Å². The van der Waals surface area contributed by atoms with Crippen molar-refractivity contribution in [2.75, 3.05) is 152 Å². The summed E-state index contributed by atoms with van der Waals surface area (Å²) in [5.41, 5.74) is -11.0. The number of nitrogens with one attached hydrogen (secondary N) is 8. The van der Waals surface area contributed by atoms with E-state index in [1.54, 1.807) is 0 Å². The monoisotopic (exact) mass is 1750 g/mol. The van der Waals surface area contributed by atoms with Crippen molar-refractivity contribution >= 4 is 161 Å². The molecule has 4 saturated heterocycles. The normalized spacial score (nSPS) is 31.4. The second-order valence-corrected chi connectivity index (χ2v) is 23.6. The first kappa shape index (κ1) is 35.3. The van der Waals surface area contributed by atoms with Gasteiger partial charge in [-0.15, -0.1) is 0 Å². The van der Waals surface area contributed by atoms with Crippen LogP contribution in [0.4, 0.5) is 23.8 Å². The Labute approximate surface area is 764 Å². The van der Waals surface area contributed by atoms with Crippen LogP contribution in [0.1, 0.15) is 104 Å². The lowest BCUT2D eigenvalue weighted by Gasteiger charge is -2.26. The summed E-state index contributed by atoms with van der Waals surface area (Å²) < 4.78 is 505. The van der Waals surface area contributed by atoms with Crippen LogP contribution in [0, 0.1) is 0 Å². The number of nitrogens with zero attached hydrogens (tertiary/aromatic N) is 16. The molecule has 0 unspecified atom stereocenters. The van der Waals surface area contributed by atoms with E-state index >= 15 is 0 Å². The lowest BCUT2D eigenvalue weighted by atomic mass is 10.2. The first-order valence-corrected chi connectivity index (χ1v) is 33.0. The van der Waals surface area contributed by atoms with Gasteiger partial charge in [0.15, 0.2) is 44.7 Å². The van der Waals surface area contributed by atoms with E-state index in [0.29, 0.717) is 14.7 Å². The summed E-state index contributed by atoms with van der Waals surface area (Å²) in [5, 5.41) is 8.03. The Bertz CT molecular complexity index is 8430. The zero-order chi connectivity index (χ0) is 132. The number of rotatable bonds is 24. The maximum Gasteiger partial charge on any atom is 0.278 e. The minimum Gasteiger partial charge on any atom is -0.379 e. The molecule has 112 heavy (non-hydrogen) atoms. The van der Waals surface area contributed by atoms with Crippen molar-refractivity contribution in [2.45, 2.75) is 52.1 Å². The minimum absolute atomic E-state index is 0.0292. The maximum atomic E-state index is 13.2. The highest BCUT2D eigenvalue weighted by Crippen LogP contribution is 2.27. The van der Waals surface area contributed by atoms with Gasteiger partial charge in [0.05, 0.1) is 164 Å². The summed E-state index contributed by atoms with van der Waals surface area (Å²) in [6.45, 7) is -91.4. The number of aromatic amines is 4. The molecule has 8 aromatic heterocycles. The summed E-state index contributed by atoms with van der Waals surface area (Å²) in [6.07, 6.45) is -4.11. The Hall–Kier alpha value is -8.52. The zero-order valence-corrected chi connectivity index (χ0v) is 60.6. The van der Waals surface area contributed by atoms with Crippen LogP contribution in [-0.2, 0) is 71.0 Å². The number of aromatic nitrogens is 16. The van der Waals surface area contributed by atoms with Crippen molar-refractivity contribution in [3.8, 4) is 0 Å². The highest BCUT2D eigenvalue weighted by molar-refractivity contribution is 6.43. The summed E-state index contributed by atoms with van der Waals surface area (Å²) in [6, 6.07) is 4.34. The van der Waals surface area contributed by atoms with Gasteiger partial charge in [-0.2, -0.15) is 19.9 Å². The highest BCUT2D eigenvalue weighted by Gasteiger charge is 2.20. The number of halogens is 8. The summed E-state index contributed by atoms with van der Waals surface area (Å²) >= 11 is 47.2. The minimum atomic E-state index is -4.13. The van der Waals surface area contributed by atoms with E-state index < -0.39 is 329 Å². The standard InChI is InChI=1S/4C18H20Cl2N6O2/c4*19-13-2-1-12(9-14(13)20)10-21-18-23-16-15(17(27)24-18)26(11-22-16)4-3-25-5-7-28-8-6-25/h4*1-2,9,11H,3-8,10H2,(H2,21,23,24,27)/i1D,2D,3D2,4D2,5D2,6D2,7D2,8D2,9D,10D2,11D;2D,4D2,5D2,6D2,7D2,8D2,10D2,11D;2D,3D2,5D2,6D2,7D2,8D2,10D2,11D;2D,3D2,4D2,5D2,6D2,7D2,8D2,11D. The molecule has 40 heteroatoms. The van der Waals surface area contributed by atoms with Gasteiger partial charge in [-0.05, 0) is 70.7 Å². The molecule has 0 saturated carbocycles. The maximum absolute atomic E-state index is 13.2. The quantitative estimate of drug-likeness (QED) is 0.0279. The molecule has 4 aromatic carbocycles. The molecule has 0 aliphatic carbocycles. The van der Waals surface area contributed by atoms with E-state index in [2.05, 4.69) is 95.0 Å². The number of fused-ring (bicyclic) bond motifs is 4. The predicted molar refractivity (Wildman–Crippen MR) is 437 cm³/mol. The van der Waals surface area contributed by atoms with Gasteiger partial charge < -0.3 is 58.5 Å².